The minimum Gasteiger partial charge on any atom is -0.463 e. The maximum atomic E-state index is 13.8. The van der Waals surface area contributed by atoms with Crippen LogP contribution in [0.25, 0.3) is 6.08 Å². The Morgan fingerprint density at radius 2 is 2.05 bits per heavy atom. The van der Waals surface area contributed by atoms with Gasteiger partial charge < -0.3 is 30.1 Å². The van der Waals surface area contributed by atoms with Crippen molar-refractivity contribution in [1.29, 1.82) is 5.26 Å². The number of nitrogens with zero attached hydrogens (tertiary/aromatic N) is 7. The average molecular weight is 601 g/mol. The fourth-order valence-corrected chi connectivity index (χ4v) is 6.48. The number of hydrogen-bond acceptors (Lipinski definition) is 9. The molecule has 3 aliphatic rings. The van der Waals surface area contributed by atoms with Crippen LogP contribution in [0.2, 0.25) is 0 Å². The summed E-state index contributed by atoms with van der Waals surface area (Å²) in [6.45, 7) is 12.7. The molecule has 232 valence electrons. The summed E-state index contributed by atoms with van der Waals surface area (Å²) in [4.78, 5) is 30.3. The second-order valence-electron chi connectivity index (χ2n) is 12.4. The zero-order valence-corrected chi connectivity index (χ0v) is 25.9. The van der Waals surface area contributed by atoms with Gasteiger partial charge in [0, 0.05) is 60.6 Å². The molecular formula is C33H41FN8O2. The first kappa shape index (κ1) is 31.0. The van der Waals surface area contributed by atoms with Crippen molar-refractivity contribution in [3.8, 4) is 12.1 Å². The number of hydrogen-bond donors (Lipinski definition) is 1. The highest BCUT2D eigenvalue weighted by molar-refractivity contribution is 5.91. The molecule has 44 heavy (non-hydrogen) atoms. The van der Waals surface area contributed by atoms with Crippen molar-refractivity contribution in [1.82, 2.24) is 19.8 Å². The molecule has 2 N–H and O–H groups in total. The second-order valence-corrected chi connectivity index (χ2v) is 12.4. The average Bonchev–Trinajstić information content (AvgIpc) is 3.75. The third kappa shape index (κ3) is 6.42. The standard InChI is InChI=1S/C33H41FN8O2/c1-6-7-25-27(36)9-8-22(2)29(25)40-15-11-26-28(19-40)37-32(44-21-33(12-13-33)20-39(4)5)38-30(26)41-16-17-42(31(43)23(3)34)24(18-41)10-14-35/h7-9,24H,1,3,10-13,15-21,36H2,2,4-5H3/t24-/m0/s1. The van der Waals surface area contributed by atoms with Crippen LogP contribution in [0.3, 0.4) is 0 Å². The second kappa shape index (κ2) is 12.7. The lowest BCUT2D eigenvalue weighted by molar-refractivity contribution is -0.131. The van der Waals surface area contributed by atoms with Crippen molar-refractivity contribution in [2.24, 2.45) is 5.41 Å². The van der Waals surface area contributed by atoms with Crippen LogP contribution in [-0.2, 0) is 17.8 Å². The number of halogens is 1. The Morgan fingerprint density at radius 1 is 1.27 bits per heavy atom. The van der Waals surface area contributed by atoms with Gasteiger partial charge >= 0.3 is 6.01 Å². The molecule has 0 bridgehead atoms. The molecule has 1 aliphatic carbocycles. The number of benzene rings is 1. The van der Waals surface area contributed by atoms with Gasteiger partial charge in [-0.1, -0.05) is 19.2 Å². The summed E-state index contributed by atoms with van der Waals surface area (Å²) in [6.07, 6.45) is 4.74. The van der Waals surface area contributed by atoms with Gasteiger partial charge in [-0.05, 0) is 58.0 Å². The number of carbonyl (C=O) groups excluding carboxylic acids is 1. The normalized spacial score (nSPS) is 18.7. The number of nitriles is 1. The van der Waals surface area contributed by atoms with E-state index in [1.54, 1.807) is 0 Å². The van der Waals surface area contributed by atoms with Crippen molar-refractivity contribution >= 4 is 29.2 Å². The highest BCUT2D eigenvalue weighted by Gasteiger charge is 2.44. The van der Waals surface area contributed by atoms with E-state index in [4.69, 9.17) is 20.4 Å². The molecule has 10 nitrogen and oxygen atoms in total. The summed E-state index contributed by atoms with van der Waals surface area (Å²) in [6, 6.07) is 5.88. The molecule has 0 spiro atoms. The van der Waals surface area contributed by atoms with Gasteiger partial charge in [-0.3, -0.25) is 4.79 Å². The van der Waals surface area contributed by atoms with E-state index in [0.717, 1.165) is 53.3 Å². The van der Waals surface area contributed by atoms with Crippen LogP contribution in [0.15, 0.2) is 36.8 Å². The molecule has 3 heterocycles. The van der Waals surface area contributed by atoms with Crippen LogP contribution in [0, 0.1) is 23.7 Å². The molecule has 2 fully saturated rings. The summed E-state index contributed by atoms with van der Waals surface area (Å²) in [5.41, 5.74) is 14.9. The SMILES string of the molecule is C=C=Cc1c(N)ccc(C)c1N1CCc2c(nc(OCC3(CN(C)C)CC3)nc2N2CCN(C(=O)C(=C)F)[C@@H](CC#N)C2)C1. The number of aryl methyl sites for hydroxylation is 1. The fraction of sp³-hybridized carbons (Fsp3) is 0.485. The van der Waals surface area contributed by atoms with Crippen LogP contribution < -0.4 is 20.3 Å². The highest BCUT2D eigenvalue weighted by atomic mass is 19.1. The summed E-state index contributed by atoms with van der Waals surface area (Å²) in [7, 11) is 4.13. The van der Waals surface area contributed by atoms with Crippen LogP contribution in [-0.4, -0.2) is 85.1 Å². The minimum atomic E-state index is -1.02. The summed E-state index contributed by atoms with van der Waals surface area (Å²) >= 11 is 0. The van der Waals surface area contributed by atoms with Gasteiger partial charge in [0.15, 0.2) is 5.83 Å². The molecule has 5 rings (SSSR count). The lowest BCUT2D eigenvalue weighted by Crippen LogP contribution is -2.55. The van der Waals surface area contributed by atoms with Crippen molar-refractivity contribution in [2.75, 3.05) is 69.0 Å². The van der Waals surface area contributed by atoms with Crippen molar-refractivity contribution < 1.29 is 13.9 Å². The number of aromatic nitrogens is 2. The first-order chi connectivity index (χ1) is 21.1. The summed E-state index contributed by atoms with van der Waals surface area (Å²) < 4.78 is 20.1. The van der Waals surface area contributed by atoms with Gasteiger partial charge in [0.25, 0.3) is 5.91 Å². The molecule has 0 radical (unpaired) electrons. The van der Waals surface area contributed by atoms with Crippen molar-refractivity contribution in [3.63, 3.8) is 0 Å². The molecule has 0 unspecified atom stereocenters. The Kier molecular flexibility index (Phi) is 8.95. The minimum absolute atomic E-state index is 0.0707. The van der Waals surface area contributed by atoms with E-state index in [1.807, 2.05) is 18.2 Å². The van der Waals surface area contributed by atoms with E-state index in [0.29, 0.717) is 50.9 Å². The lowest BCUT2D eigenvalue weighted by Gasteiger charge is -2.42. The van der Waals surface area contributed by atoms with Crippen LogP contribution in [0.1, 0.15) is 41.6 Å². The number of anilines is 3. The predicted octanol–water partition coefficient (Wildman–Crippen LogP) is 3.86. The van der Waals surface area contributed by atoms with Gasteiger partial charge in [0.1, 0.15) is 5.82 Å². The molecule has 1 amide bonds. The molecular weight excluding hydrogens is 559 g/mol. The molecule has 2 aliphatic heterocycles. The Labute approximate surface area is 258 Å². The third-order valence-electron chi connectivity index (χ3n) is 8.76. The zero-order valence-electron chi connectivity index (χ0n) is 25.9. The Hall–Kier alpha value is -4.39. The van der Waals surface area contributed by atoms with Crippen LogP contribution in [0.5, 0.6) is 6.01 Å². The number of carbonyl (C=O) groups is 1. The molecule has 1 aromatic carbocycles. The first-order valence-corrected chi connectivity index (χ1v) is 15.0. The Balaban J connectivity index is 1.50. The monoisotopic (exact) mass is 600 g/mol. The van der Waals surface area contributed by atoms with Gasteiger partial charge in [-0.2, -0.15) is 15.2 Å². The number of piperazine rings is 1. The Bertz CT molecular complexity index is 1540. The smallest absolute Gasteiger partial charge is 0.318 e. The van der Waals surface area contributed by atoms with E-state index in [2.05, 4.69) is 60.7 Å². The first-order valence-electron chi connectivity index (χ1n) is 15.0. The number of fused-ring (bicyclic) bond motifs is 1. The summed E-state index contributed by atoms with van der Waals surface area (Å²) in [5.74, 6) is -1.05. The van der Waals surface area contributed by atoms with Gasteiger partial charge in [-0.25, -0.2) is 4.39 Å². The van der Waals surface area contributed by atoms with E-state index in [-0.39, 0.29) is 18.4 Å². The maximum Gasteiger partial charge on any atom is 0.318 e. The molecule has 2 aromatic rings. The third-order valence-corrected chi connectivity index (χ3v) is 8.76. The molecule has 1 saturated carbocycles. The quantitative estimate of drug-likeness (QED) is 0.247. The number of rotatable bonds is 10. The van der Waals surface area contributed by atoms with Crippen LogP contribution in [0.4, 0.5) is 21.6 Å². The van der Waals surface area contributed by atoms with Gasteiger partial charge in [0.05, 0.1) is 37.4 Å². The lowest BCUT2D eigenvalue weighted by atomic mass is 9.99. The van der Waals surface area contributed by atoms with E-state index < -0.39 is 17.8 Å². The fourth-order valence-electron chi connectivity index (χ4n) is 6.48. The number of amides is 1. The van der Waals surface area contributed by atoms with Gasteiger partial charge in [-0.15, -0.1) is 5.73 Å². The van der Waals surface area contributed by atoms with E-state index in [1.165, 1.54) is 4.90 Å². The number of nitrogen functional groups attached to an aromatic ring is 1. The largest absolute Gasteiger partial charge is 0.463 e. The highest BCUT2D eigenvalue weighted by Crippen LogP contribution is 2.46. The predicted molar refractivity (Wildman–Crippen MR) is 170 cm³/mol. The van der Waals surface area contributed by atoms with Crippen molar-refractivity contribution in [3.05, 3.63) is 59.2 Å². The maximum absolute atomic E-state index is 13.8. The summed E-state index contributed by atoms with van der Waals surface area (Å²) in [5, 5.41) is 9.51. The number of nitrogens with two attached hydrogens (primary N) is 1. The van der Waals surface area contributed by atoms with Crippen LogP contribution >= 0.6 is 0 Å². The van der Waals surface area contributed by atoms with E-state index in [9.17, 15) is 14.4 Å². The molecule has 11 heteroatoms. The van der Waals surface area contributed by atoms with E-state index >= 15 is 0 Å². The number of ether oxygens (including phenoxy) is 1. The molecule has 1 aromatic heterocycles. The molecule has 1 atom stereocenters. The topological polar surface area (TPSA) is 115 Å². The zero-order chi connectivity index (χ0) is 31.6. The van der Waals surface area contributed by atoms with Crippen molar-refractivity contribution in [2.45, 2.75) is 45.2 Å². The van der Waals surface area contributed by atoms with Gasteiger partial charge in [0.2, 0.25) is 0 Å². The molecule has 1 saturated heterocycles. The Morgan fingerprint density at radius 3 is 2.70 bits per heavy atom.